The van der Waals surface area contributed by atoms with E-state index in [9.17, 15) is 4.39 Å². The molecule has 0 spiro atoms. The van der Waals surface area contributed by atoms with E-state index >= 15 is 0 Å². The zero-order chi connectivity index (χ0) is 15.2. The lowest BCUT2D eigenvalue weighted by Gasteiger charge is -2.32. The zero-order valence-electron chi connectivity index (χ0n) is 12.8. The number of hydrogen-bond acceptors (Lipinski definition) is 2. The summed E-state index contributed by atoms with van der Waals surface area (Å²) in [5, 5.41) is 3.51. The number of nitrogens with one attached hydrogen (secondary N) is 1. The van der Waals surface area contributed by atoms with Crippen molar-refractivity contribution in [3.05, 3.63) is 66.0 Å². The number of nitrogens with zero attached hydrogens (tertiary/aromatic N) is 1. The fourth-order valence-electron chi connectivity index (χ4n) is 3.01. The van der Waals surface area contributed by atoms with Gasteiger partial charge in [0.25, 0.3) is 0 Å². The van der Waals surface area contributed by atoms with Gasteiger partial charge >= 0.3 is 0 Å². The van der Waals surface area contributed by atoms with E-state index in [-0.39, 0.29) is 5.82 Å². The molecule has 0 aromatic heterocycles. The molecule has 2 aromatic carbocycles. The summed E-state index contributed by atoms with van der Waals surface area (Å²) in [6, 6.07) is 17.8. The quantitative estimate of drug-likeness (QED) is 0.899. The molecule has 0 atom stereocenters. The highest BCUT2D eigenvalue weighted by atomic mass is 19.1. The number of hydrogen-bond donors (Lipinski definition) is 1. The highest BCUT2D eigenvalue weighted by molar-refractivity contribution is 5.43. The van der Waals surface area contributed by atoms with Gasteiger partial charge in [0.2, 0.25) is 0 Å². The van der Waals surface area contributed by atoms with Crippen molar-refractivity contribution in [2.24, 2.45) is 0 Å². The van der Waals surface area contributed by atoms with Gasteiger partial charge in [-0.2, -0.15) is 0 Å². The van der Waals surface area contributed by atoms with Crippen LogP contribution in [-0.4, -0.2) is 30.6 Å². The summed E-state index contributed by atoms with van der Waals surface area (Å²) in [5.74, 6) is -0.179. The molecule has 0 unspecified atom stereocenters. The molecule has 1 N–H and O–H groups in total. The van der Waals surface area contributed by atoms with Crippen LogP contribution in [0, 0.1) is 5.82 Å². The average molecular weight is 298 g/mol. The van der Waals surface area contributed by atoms with Crippen molar-refractivity contribution in [2.75, 3.05) is 25.0 Å². The summed E-state index contributed by atoms with van der Waals surface area (Å²) in [6.07, 6.45) is 3.41. The molecule has 2 nitrogen and oxygen atoms in total. The van der Waals surface area contributed by atoms with Crippen LogP contribution < -0.4 is 5.32 Å². The molecule has 2 aromatic rings. The van der Waals surface area contributed by atoms with E-state index in [2.05, 4.69) is 40.5 Å². The van der Waals surface area contributed by atoms with Crippen molar-refractivity contribution in [1.29, 1.82) is 0 Å². The van der Waals surface area contributed by atoms with Crippen LogP contribution in [0.4, 0.5) is 10.1 Å². The van der Waals surface area contributed by atoms with Crippen LogP contribution >= 0.6 is 0 Å². The van der Waals surface area contributed by atoms with Crippen molar-refractivity contribution < 1.29 is 4.39 Å². The van der Waals surface area contributed by atoms with E-state index in [1.54, 1.807) is 0 Å². The molecule has 1 aliphatic rings. The van der Waals surface area contributed by atoms with Gasteiger partial charge in [-0.3, -0.25) is 0 Å². The lowest BCUT2D eigenvalue weighted by atomic mass is 10.0. The Balaban J connectivity index is 1.41. The van der Waals surface area contributed by atoms with Crippen LogP contribution in [0.15, 0.2) is 54.6 Å². The van der Waals surface area contributed by atoms with Crippen molar-refractivity contribution in [1.82, 2.24) is 4.90 Å². The number of halogens is 1. The van der Waals surface area contributed by atoms with E-state index < -0.39 is 0 Å². The van der Waals surface area contributed by atoms with Gasteiger partial charge in [0.15, 0.2) is 0 Å². The first-order valence-electron chi connectivity index (χ1n) is 8.08. The zero-order valence-corrected chi connectivity index (χ0v) is 12.8. The summed E-state index contributed by atoms with van der Waals surface area (Å²) >= 11 is 0. The predicted molar refractivity (Wildman–Crippen MR) is 89.6 cm³/mol. The van der Waals surface area contributed by atoms with Crippen LogP contribution in [0.5, 0.6) is 0 Å². The number of piperidine rings is 1. The van der Waals surface area contributed by atoms with Gasteiger partial charge in [-0.05, 0) is 49.1 Å². The average Bonchev–Trinajstić information content (AvgIpc) is 2.57. The SMILES string of the molecule is Fc1ccc(NC2CCN(CCc3ccccc3)CC2)cc1. The lowest BCUT2D eigenvalue weighted by Crippen LogP contribution is -2.40. The van der Waals surface area contributed by atoms with Gasteiger partial charge in [-0.1, -0.05) is 30.3 Å². The molecule has 1 saturated heterocycles. The maximum Gasteiger partial charge on any atom is 0.123 e. The normalized spacial score (nSPS) is 16.6. The molecule has 0 aliphatic carbocycles. The molecule has 0 amide bonds. The van der Waals surface area contributed by atoms with E-state index in [4.69, 9.17) is 0 Å². The molecular weight excluding hydrogens is 275 g/mol. The predicted octanol–water partition coefficient (Wildman–Crippen LogP) is 3.94. The second-order valence-corrected chi connectivity index (χ2v) is 6.00. The van der Waals surface area contributed by atoms with Crippen LogP contribution in [-0.2, 0) is 6.42 Å². The fourth-order valence-corrected chi connectivity index (χ4v) is 3.01. The second-order valence-electron chi connectivity index (χ2n) is 6.00. The Bertz CT molecular complexity index is 560. The highest BCUT2D eigenvalue weighted by Crippen LogP contribution is 2.17. The van der Waals surface area contributed by atoms with Crippen molar-refractivity contribution in [3.8, 4) is 0 Å². The second kappa shape index (κ2) is 7.41. The van der Waals surface area contributed by atoms with Gasteiger partial charge < -0.3 is 10.2 Å². The fraction of sp³-hybridized carbons (Fsp3) is 0.368. The Kier molecular flexibility index (Phi) is 5.07. The summed E-state index contributed by atoms with van der Waals surface area (Å²) in [6.45, 7) is 3.39. The molecule has 3 heteroatoms. The first-order valence-corrected chi connectivity index (χ1v) is 8.08. The standard InChI is InChI=1S/C19H23FN2/c20-17-6-8-18(9-7-17)21-19-11-14-22(15-12-19)13-10-16-4-2-1-3-5-16/h1-9,19,21H,10-15H2. The Morgan fingerprint density at radius 2 is 1.64 bits per heavy atom. The van der Waals surface area contributed by atoms with Gasteiger partial charge in [-0.15, -0.1) is 0 Å². The van der Waals surface area contributed by atoms with E-state index in [1.807, 2.05) is 12.1 Å². The van der Waals surface area contributed by atoms with Gasteiger partial charge in [0, 0.05) is 31.4 Å². The van der Waals surface area contributed by atoms with Crippen molar-refractivity contribution in [2.45, 2.75) is 25.3 Å². The first kappa shape index (κ1) is 15.0. The molecule has 1 fully saturated rings. The van der Waals surface area contributed by atoms with Gasteiger partial charge in [-0.25, -0.2) is 4.39 Å². The molecule has 22 heavy (non-hydrogen) atoms. The third kappa shape index (κ3) is 4.31. The Morgan fingerprint density at radius 3 is 2.32 bits per heavy atom. The third-order valence-corrected chi connectivity index (χ3v) is 4.36. The van der Waals surface area contributed by atoms with Crippen LogP contribution in [0.25, 0.3) is 0 Å². The Labute approximate surface area is 132 Å². The van der Waals surface area contributed by atoms with Crippen LogP contribution in [0.3, 0.4) is 0 Å². The van der Waals surface area contributed by atoms with E-state index in [0.29, 0.717) is 6.04 Å². The highest BCUT2D eigenvalue weighted by Gasteiger charge is 2.18. The number of anilines is 1. The maximum absolute atomic E-state index is 12.9. The third-order valence-electron chi connectivity index (χ3n) is 4.36. The van der Waals surface area contributed by atoms with E-state index in [1.165, 1.54) is 17.7 Å². The molecule has 116 valence electrons. The number of rotatable bonds is 5. The maximum atomic E-state index is 12.9. The summed E-state index contributed by atoms with van der Waals surface area (Å²) in [5.41, 5.74) is 2.43. The molecule has 3 rings (SSSR count). The minimum atomic E-state index is -0.179. The molecule has 0 saturated carbocycles. The monoisotopic (exact) mass is 298 g/mol. The number of likely N-dealkylation sites (tertiary alicyclic amines) is 1. The summed E-state index contributed by atoms with van der Waals surface area (Å²) in [7, 11) is 0. The minimum Gasteiger partial charge on any atom is -0.382 e. The Hall–Kier alpha value is -1.87. The van der Waals surface area contributed by atoms with Crippen molar-refractivity contribution in [3.63, 3.8) is 0 Å². The molecule has 0 radical (unpaired) electrons. The number of benzene rings is 2. The molecule has 0 bridgehead atoms. The molecule has 1 heterocycles. The topological polar surface area (TPSA) is 15.3 Å². The Morgan fingerprint density at radius 1 is 0.955 bits per heavy atom. The van der Waals surface area contributed by atoms with Gasteiger partial charge in [0.05, 0.1) is 0 Å². The van der Waals surface area contributed by atoms with Crippen LogP contribution in [0.1, 0.15) is 18.4 Å². The van der Waals surface area contributed by atoms with Crippen molar-refractivity contribution >= 4 is 5.69 Å². The first-order chi connectivity index (χ1) is 10.8. The summed E-state index contributed by atoms with van der Waals surface area (Å²) in [4.78, 5) is 2.54. The van der Waals surface area contributed by atoms with E-state index in [0.717, 1.165) is 44.6 Å². The molecule has 1 aliphatic heterocycles. The van der Waals surface area contributed by atoms with Gasteiger partial charge in [0.1, 0.15) is 5.82 Å². The lowest BCUT2D eigenvalue weighted by molar-refractivity contribution is 0.221. The largest absolute Gasteiger partial charge is 0.382 e. The van der Waals surface area contributed by atoms with Crippen LogP contribution in [0.2, 0.25) is 0 Å². The smallest absolute Gasteiger partial charge is 0.123 e. The summed E-state index contributed by atoms with van der Waals surface area (Å²) < 4.78 is 12.9. The minimum absolute atomic E-state index is 0.179. The molecular formula is C19H23FN2.